The summed E-state index contributed by atoms with van der Waals surface area (Å²) in [4.78, 5) is 26.1. The van der Waals surface area contributed by atoms with E-state index in [-0.39, 0.29) is 0 Å². The SMILES string of the molecule is O=C(NN=Cc1ccccc1OC(=O)c1sc2ccccc2c1Cl)c1sc2ccccc2c1Cl. The Kier molecular flexibility index (Phi) is 6.34. The average molecular weight is 525 g/mol. The van der Waals surface area contributed by atoms with Gasteiger partial charge in [0, 0.05) is 25.7 Å². The molecule has 0 saturated heterocycles. The zero-order valence-corrected chi connectivity index (χ0v) is 20.4. The molecule has 3 aromatic carbocycles. The molecule has 0 bridgehead atoms. The van der Waals surface area contributed by atoms with E-state index >= 15 is 0 Å². The fourth-order valence-corrected chi connectivity index (χ4v) is 6.13. The standard InChI is InChI=1S/C25H14Cl2N2O3S2/c26-20-15-8-2-5-11-18(15)33-22(20)24(30)29-28-13-14-7-1-4-10-17(14)32-25(31)23-21(27)16-9-3-6-12-19(16)34-23/h1-13H,(H,29,30). The Bertz CT molecular complexity index is 1590. The van der Waals surface area contributed by atoms with Crippen LogP contribution in [0.2, 0.25) is 10.0 Å². The molecule has 0 radical (unpaired) electrons. The van der Waals surface area contributed by atoms with Gasteiger partial charge in [-0.05, 0) is 24.3 Å². The first-order valence-corrected chi connectivity index (χ1v) is 12.4. The number of ether oxygens (including phenoxy) is 1. The van der Waals surface area contributed by atoms with Crippen molar-refractivity contribution in [2.24, 2.45) is 5.10 Å². The number of esters is 1. The van der Waals surface area contributed by atoms with Gasteiger partial charge in [0.05, 0.1) is 16.3 Å². The summed E-state index contributed by atoms with van der Waals surface area (Å²) in [6, 6.07) is 21.9. The van der Waals surface area contributed by atoms with Gasteiger partial charge < -0.3 is 4.74 Å². The molecule has 0 fully saturated rings. The second kappa shape index (κ2) is 9.56. The van der Waals surface area contributed by atoms with Crippen molar-refractivity contribution in [1.29, 1.82) is 0 Å². The third-order valence-electron chi connectivity index (χ3n) is 4.95. The van der Waals surface area contributed by atoms with Gasteiger partial charge in [-0.3, -0.25) is 4.79 Å². The molecule has 0 aliphatic heterocycles. The van der Waals surface area contributed by atoms with E-state index in [0.717, 1.165) is 20.2 Å². The first-order chi connectivity index (χ1) is 16.5. The van der Waals surface area contributed by atoms with Gasteiger partial charge >= 0.3 is 5.97 Å². The number of fused-ring (bicyclic) bond motifs is 2. The van der Waals surface area contributed by atoms with Crippen LogP contribution in [-0.4, -0.2) is 18.1 Å². The number of carbonyl (C=O) groups excluding carboxylic acids is 2. The molecule has 0 spiro atoms. The summed E-state index contributed by atoms with van der Waals surface area (Å²) in [6.45, 7) is 0. The van der Waals surface area contributed by atoms with E-state index in [1.165, 1.54) is 28.9 Å². The van der Waals surface area contributed by atoms with Gasteiger partial charge in [0.2, 0.25) is 0 Å². The van der Waals surface area contributed by atoms with Crippen molar-refractivity contribution < 1.29 is 14.3 Å². The van der Waals surface area contributed by atoms with Crippen molar-refractivity contribution in [2.45, 2.75) is 0 Å². The third kappa shape index (κ3) is 4.31. The minimum absolute atomic E-state index is 0.291. The van der Waals surface area contributed by atoms with Gasteiger partial charge in [0.1, 0.15) is 15.5 Å². The maximum absolute atomic E-state index is 12.8. The maximum atomic E-state index is 12.8. The number of hydrogen-bond acceptors (Lipinski definition) is 6. The Labute approximate surface area is 212 Å². The molecule has 0 saturated carbocycles. The average Bonchev–Trinajstić information content (AvgIpc) is 3.37. The van der Waals surface area contributed by atoms with Crippen LogP contribution in [0.25, 0.3) is 20.2 Å². The number of halogens is 2. The molecule has 5 aromatic rings. The first kappa shape index (κ1) is 22.6. The highest BCUT2D eigenvalue weighted by Gasteiger charge is 2.20. The summed E-state index contributed by atoms with van der Waals surface area (Å²) in [6.07, 6.45) is 1.41. The van der Waals surface area contributed by atoms with Crippen molar-refractivity contribution in [2.75, 3.05) is 0 Å². The summed E-state index contributed by atoms with van der Waals surface area (Å²) < 4.78 is 7.42. The summed E-state index contributed by atoms with van der Waals surface area (Å²) in [5.41, 5.74) is 3.00. The minimum Gasteiger partial charge on any atom is -0.422 e. The van der Waals surface area contributed by atoms with E-state index in [9.17, 15) is 9.59 Å². The molecule has 168 valence electrons. The molecule has 0 aliphatic carbocycles. The number of hydrogen-bond donors (Lipinski definition) is 1. The first-order valence-electron chi connectivity index (χ1n) is 10.0. The maximum Gasteiger partial charge on any atom is 0.355 e. The van der Waals surface area contributed by atoms with Crippen molar-refractivity contribution in [1.82, 2.24) is 5.43 Å². The zero-order valence-electron chi connectivity index (χ0n) is 17.2. The quantitative estimate of drug-likeness (QED) is 0.113. The van der Waals surface area contributed by atoms with Crippen LogP contribution in [0.15, 0.2) is 77.9 Å². The fraction of sp³-hybridized carbons (Fsp3) is 0. The highest BCUT2D eigenvalue weighted by Crippen LogP contribution is 2.36. The number of benzene rings is 3. The molecular weight excluding hydrogens is 511 g/mol. The summed E-state index contributed by atoms with van der Waals surface area (Å²) in [5, 5.41) is 6.41. The molecule has 0 unspecified atom stereocenters. The second-order valence-corrected chi connectivity index (χ2v) is 9.97. The Hall–Kier alpha value is -3.23. The van der Waals surface area contributed by atoms with Crippen LogP contribution in [0, 0.1) is 0 Å². The van der Waals surface area contributed by atoms with E-state index in [1.54, 1.807) is 24.3 Å². The Morgan fingerprint density at radius 1 is 0.794 bits per heavy atom. The number of carbonyl (C=O) groups is 2. The highest BCUT2D eigenvalue weighted by atomic mass is 35.5. The van der Waals surface area contributed by atoms with Crippen LogP contribution in [0.3, 0.4) is 0 Å². The van der Waals surface area contributed by atoms with Crippen LogP contribution in [-0.2, 0) is 0 Å². The summed E-state index contributed by atoms with van der Waals surface area (Å²) >= 11 is 15.3. The number of amides is 1. The van der Waals surface area contributed by atoms with Crippen molar-refractivity contribution in [3.63, 3.8) is 0 Å². The lowest BCUT2D eigenvalue weighted by molar-refractivity contribution is 0.0739. The normalized spacial score (nSPS) is 11.4. The van der Waals surface area contributed by atoms with E-state index in [0.29, 0.717) is 31.1 Å². The topological polar surface area (TPSA) is 67.8 Å². The Morgan fingerprint density at radius 3 is 2.03 bits per heavy atom. The second-order valence-electron chi connectivity index (χ2n) is 7.11. The van der Waals surface area contributed by atoms with Crippen LogP contribution < -0.4 is 10.2 Å². The molecule has 9 heteroatoms. The largest absolute Gasteiger partial charge is 0.422 e. The molecule has 2 aromatic heterocycles. The number of nitrogens with one attached hydrogen (secondary N) is 1. The molecule has 2 heterocycles. The lowest BCUT2D eigenvalue weighted by Gasteiger charge is -2.06. The number of thiophene rings is 2. The molecule has 5 rings (SSSR count). The summed E-state index contributed by atoms with van der Waals surface area (Å²) in [7, 11) is 0. The van der Waals surface area contributed by atoms with E-state index in [1.807, 2.05) is 48.5 Å². The van der Waals surface area contributed by atoms with Gasteiger partial charge in [-0.15, -0.1) is 22.7 Å². The lowest BCUT2D eigenvalue weighted by atomic mass is 10.2. The zero-order chi connectivity index (χ0) is 23.7. The minimum atomic E-state index is -0.562. The van der Waals surface area contributed by atoms with Crippen LogP contribution >= 0.6 is 45.9 Å². The predicted molar refractivity (Wildman–Crippen MR) is 140 cm³/mol. The molecule has 0 atom stereocenters. The number of rotatable bonds is 5. The van der Waals surface area contributed by atoms with Crippen molar-refractivity contribution in [3.05, 3.63) is 98.2 Å². The molecule has 1 amide bonds. The third-order valence-corrected chi connectivity index (χ3v) is 8.28. The fourth-order valence-electron chi connectivity index (χ4n) is 3.34. The van der Waals surface area contributed by atoms with Gasteiger partial charge in [-0.1, -0.05) is 71.7 Å². The number of hydrazone groups is 1. The van der Waals surface area contributed by atoms with Crippen molar-refractivity contribution >= 4 is 84.1 Å². The molecule has 34 heavy (non-hydrogen) atoms. The van der Waals surface area contributed by atoms with Gasteiger partial charge in [0.25, 0.3) is 5.91 Å². The Balaban J connectivity index is 1.33. The molecule has 5 nitrogen and oxygen atoms in total. The van der Waals surface area contributed by atoms with E-state index in [2.05, 4.69) is 10.5 Å². The summed E-state index contributed by atoms with van der Waals surface area (Å²) in [5.74, 6) is -0.693. The van der Waals surface area contributed by atoms with E-state index in [4.69, 9.17) is 27.9 Å². The van der Waals surface area contributed by atoms with E-state index < -0.39 is 11.9 Å². The van der Waals surface area contributed by atoms with Crippen LogP contribution in [0.4, 0.5) is 0 Å². The van der Waals surface area contributed by atoms with Gasteiger partial charge in [-0.25, -0.2) is 10.2 Å². The smallest absolute Gasteiger partial charge is 0.355 e. The molecular formula is C25H14Cl2N2O3S2. The Morgan fingerprint density at radius 2 is 1.35 bits per heavy atom. The monoisotopic (exact) mass is 524 g/mol. The van der Waals surface area contributed by atoms with Crippen LogP contribution in [0.5, 0.6) is 5.75 Å². The molecule has 0 aliphatic rings. The lowest BCUT2D eigenvalue weighted by Crippen LogP contribution is -2.16. The highest BCUT2D eigenvalue weighted by molar-refractivity contribution is 7.22. The number of nitrogens with zero attached hydrogens (tertiary/aromatic N) is 1. The number of para-hydroxylation sites is 1. The predicted octanol–water partition coefficient (Wildman–Crippen LogP) is 7.41. The van der Waals surface area contributed by atoms with Crippen molar-refractivity contribution in [3.8, 4) is 5.75 Å². The molecule has 1 N–H and O–H groups in total. The van der Waals surface area contributed by atoms with Gasteiger partial charge in [0.15, 0.2) is 0 Å². The van der Waals surface area contributed by atoms with Gasteiger partial charge in [-0.2, -0.15) is 5.10 Å². The van der Waals surface area contributed by atoms with Crippen LogP contribution in [0.1, 0.15) is 24.9 Å².